The molecule has 3 aromatic rings. The van der Waals surface area contributed by atoms with Crippen LogP contribution in [0.25, 0.3) is 10.9 Å². The number of carbonyl (C=O) groups is 2. The van der Waals surface area contributed by atoms with Gasteiger partial charge in [-0.2, -0.15) is 13.2 Å². The fraction of sp³-hybridized carbons (Fsp3) is 0.190. The van der Waals surface area contributed by atoms with E-state index in [1.165, 1.54) is 17.0 Å². The SMILES string of the molecule is O=C1CSC(=O)N1Cc1cnc2cc(OCc3ccc(C(F)(F)F)cc3)ccc2c1. The molecule has 9 heteroatoms. The number of alkyl halides is 3. The first-order valence-electron chi connectivity index (χ1n) is 8.94. The molecule has 5 nitrogen and oxygen atoms in total. The van der Waals surface area contributed by atoms with Crippen LogP contribution in [0.2, 0.25) is 0 Å². The second-order valence-corrected chi connectivity index (χ2v) is 7.64. The van der Waals surface area contributed by atoms with Crippen LogP contribution in [0.3, 0.4) is 0 Å². The van der Waals surface area contributed by atoms with Gasteiger partial charge in [0.1, 0.15) is 12.4 Å². The van der Waals surface area contributed by atoms with E-state index >= 15 is 0 Å². The molecule has 2 amide bonds. The molecule has 154 valence electrons. The third-order valence-corrected chi connectivity index (χ3v) is 5.44. The molecule has 2 heterocycles. The van der Waals surface area contributed by atoms with Gasteiger partial charge in [0.05, 0.1) is 23.4 Å². The van der Waals surface area contributed by atoms with Crippen molar-refractivity contribution < 1.29 is 27.5 Å². The van der Waals surface area contributed by atoms with Gasteiger partial charge in [-0.1, -0.05) is 23.9 Å². The lowest BCUT2D eigenvalue weighted by molar-refractivity contribution is -0.137. The molecule has 0 bridgehead atoms. The van der Waals surface area contributed by atoms with Crippen LogP contribution < -0.4 is 4.74 Å². The van der Waals surface area contributed by atoms with Crippen LogP contribution in [-0.2, 0) is 24.1 Å². The predicted molar refractivity (Wildman–Crippen MR) is 106 cm³/mol. The summed E-state index contributed by atoms with van der Waals surface area (Å²) in [5.41, 5.74) is 1.32. The van der Waals surface area contributed by atoms with E-state index in [0.29, 0.717) is 16.8 Å². The second kappa shape index (κ2) is 7.98. The smallest absolute Gasteiger partial charge is 0.416 e. The predicted octanol–water partition coefficient (Wildman–Crippen LogP) is 5.03. The number of carbonyl (C=O) groups excluding carboxylic acids is 2. The largest absolute Gasteiger partial charge is 0.489 e. The molecule has 2 aromatic carbocycles. The molecule has 0 saturated carbocycles. The summed E-state index contributed by atoms with van der Waals surface area (Å²) < 4.78 is 43.5. The van der Waals surface area contributed by atoms with E-state index in [1.807, 2.05) is 6.07 Å². The fourth-order valence-electron chi connectivity index (χ4n) is 3.00. The van der Waals surface area contributed by atoms with Crippen molar-refractivity contribution in [2.45, 2.75) is 19.3 Å². The van der Waals surface area contributed by atoms with Crippen molar-refractivity contribution in [1.82, 2.24) is 9.88 Å². The van der Waals surface area contributed by atoms with Crippen molar-refractivity contribution in [3.8, 4) is 5.75 Å². The number of hydrogen-bond donors (Lipinski definition) is 0. The van der Waals surface area contributed by atoms with Crippen molar-refractivity contribution in [1.29, 1.82) is 0 Å². The molecule has 0 N–H and O–H groups in total. The second-order valence-electron chi connectivity index (χ2n) is 6.72. The Morgan fingerprint density at radius 3 is 2.47 bits per heavy atom. The Kier molecular flexibility index (Phi) is 5.38. The number of thioether (sulfide) groups is 1. The van der Waals surface area contributed by atoms with Crippen molar-refractivity contribution in [2.24, 2.45) is 0 Å². The number of benzene rings is 2. The number of ether oxygens (including phenoxy) is 1. The zero-order valence-corrected chi connectivity index (χ0v) is 16.3. The number of hydrogen-bond acceptors (Lipinski definition) is 5. The normalized spacial score (nSPS) is 14.6. The first-order chi connectivity index (χ1) is 14.3. The highest BCUT2D eigenvalue weighted by Gasteiger charge is 2.30. The number of amides is 2. The number of imide groups is 1. The van der Waals surface area contributed by atoms with Crippen molar-refractivity contribution in [3.05, 3.63) is 71.4 Å². The van der Waals surface area contributed by atoms with Crippen molar-refractivity contribution in [2.75, 3.05) is 5.75 Å². The highest BCUT2D eigenvalue weighted by molar-refractivity contribution is 8.14. The summed E-state index contributed by atoms with van der Waals surface area (Å²) >= 11 is 0.989. The van der Waals surface area contributed by atoms with E-state index < -0.39 is 11.7 Å². The summed E-state index contributed by atoms with van der Waals surface area (Å²) in [5, 5.41) is 0.563. The number of aromatic nitrogens is 1. The Labute approximate surface area is 173 Å². The molecule has 30 heavy (non-hydrogen) atoms. The lowest BCUT2D eigenvalue weighted by Gasteiger charge is -2.13. The average Bonchev–Trinajstić information content (AvgIpc) is 3.04. The number of rotatable bonds is 5. The first-order valence-corrected chi connectivity index (χ1v) is 9.93. The first kappa shape index (κ1) is 20.2. The summed E-state index contributed by atoms with van der Waals surface area (Å²) in [6, 6.07) is 11.9. The number of halogens is 3. The van der Waals surface area contributed by atoms with Gasteiger partial charge in [-0.25, -0.2) is 0 Å². The fourth-order valence-corrected chi connectivity index (χ4v) is 3.72. The Morgan fingerprint density at radius 1 is 1.03 bits per heavy atom. The molecule has 0 aliphatic carbocycles. The van der Waals surface area contributed by atoms with E-state index in [9.17, 15) is 22.8 Å². The zero-order valence-electron chi connectivity index (χ0n) is 15.5. The third-order valence-electron chi connectivity index (χ3n) is 4.58. The van der Waals surface area contributed by atoms with Gasteiger partial charge in [-0.3, -0.25) is 19.5 Å². The Bertz CT molecular complexity index is 1100. The van der Waals surface area contributed by atoms with Crippen molar-refractivity contribution >= 4 is 33.8 Å². The molecule has 1 aromatic heterocycles. The van der Waals surface area contributed by atoms with Crippen LogP contribution >= 0.6 is 11.8 Å². The summed E-state index contributed by atoms with van der Waals surface area (Å²) in [6.07, 6.45) is -2.76. The van der Waals surface area contributed by atoms with E-state index in [-0.39, 0.29) is 30.1 Å². The minimum atomic E-state index is -4.36. The summed E-state index contributed by atoms with van der Waals surface area (Å²) in [5.74, 6) is 0.487. The van der Waals surface area contributed by atoms with Gasteiger partial charge in [0, 0.05) is 17.6 Å². The Morgan fingerprint density at radius 2 is 1.80 bits per heavy atom. The van der Waals surface area contributed by atoms with E-state index in [0.717, 1.165) is 34.8 Å². The van der Waals surface area contributed by atoms with Gasteiger partial charge in [0.15, 0.2) is 0 Å². The monoisotopic (exact) mass is 432 g/mol. The van der Waals surface area contributed by atoms with E-state index in [1.54, 1.807) is 24.4 Å². The molecule has 1 saturated heterocycles. The summed E-state index contributed by atoms with van der Waals surface area (Å²) in [4.78, 5) is 29.0. The molecule has 0 unspecified atom stereocenters. The van der Waals surface area contributed by atoms with Gasteiger partial charge < -0.3 is 4.74 Å². The summed E-state index contributed by atoms with van der Waals surface area (Å²) in [7, 11) is 0. The van der Waals surface area contributed by atoms with E-state index in [4.69, 9.17) is 4.74 Å². The van der Waals surface area contributed by atoms with Gasteiger partial charge >= 0.3 is 6.18 Å². The van der Waals surface area contributed by atoms with Crippen LogP contribution in [0.15, 0.2) is 54.7 Å². The zero-order chi connectivity index (χ0) is 21.3. The number of pyridine rings is 1. The average molecular weight is 432 g/mol. The summed E-state index contributed by atoms with van der Waals surface area (Å²) in [6.45, 7) is 0.304. The molecular formula is C21H15F3N2O3S. The minimum absolute atomic E-state index is 0.124. The quantitative estimate of drug-likeness (QED) is 0.566. The standard InChI is InChI=1S/C21H15F3N2O3S/c22-21(23,24)16-4-1-13(2-5-16)11-29-17-6-3-15-7-14(9-25-18(15)8-17)10-26-19(27)12-30-20(26)28/h1-9H,10-12H2. The minimum Gasteiger partial charge on any atom is -0.489 e. The molecule has 1 aliphatic heterocycles. The molecule has 0 spiro atoms. The van der Waals surface area contributed by atoms with Crippen molar-refractivity contribution in [3.63, 3.8) is 0 Å². The molecule has 0 radical (unpaired) electrons. The highest BCUT2D eigenvalue weighted by Crippen LogP contribution is 2.29. The van der Waals surface area contributed by atoms with Crippen LogP contribution in [0.1, 0.15) is 16.7 Å². The van der Waals surface area contributed by atoms with Gasteiger partial charge in [-0.05, 0) is 41.5 Å². The van der Waals surface area contributed by atoms with Gasteiger partial charge in [-0.15, -0.1) is 0 Å². The maximum absolute atomic E-state index is 12.6. The molecule has 1 aliphatic rings. The topological polar surface area (TPSA) is 59.5 Å². The lowest BCUT2D eigenvalue weighted by atomic mass is 10.1. The lowest BCUT2D eigenvalue weighted by Crippen LogP contribution is -2.27. The molecule has 1 fully saturated rings. The molecular weight excluding hydrogens is 417 g/mol. The van der Waals surface area contributed by atoms with Gasteiger partial charge in [0.2, 0.25) is 5.91 Å². The number of fused-ring (bicyclic) bond motifs is 1. The molecule has 0 atom stereocenters. The van der Waals surface area contributed by atoms with Crippen LogP contribution in [-0.4, -0.2) is 26.8 Å². The van der Waals surface area contributed by atoms with E-state index in [2.05, 4.69) is 4.98 Å². The number of nitrogens with zero attached hydrogens (tertiary/aromatic N) is 2. The third kappa shape index (κ3) is 4.40. The maximum Gasteiger partial charge on any atom is 0.416 e. The maximum atomic E-state index is 12.6. The Hall–Kier alpha value is -3.07. The van der Waals surface area contributed by atoms with Crippen LogP contribution in [0.4, 0.5) is 18.0 Å². The van der Waals surface area contributed by atoms with Crippen LogP contribution in [0.5, 0.6) is 5.75 Å². The van der Waals surface area contributed by atoms with Crippen LogP contribution in [0, 0.1) is 0 Å². The highest BCUT2D eigenvalue weighted by atomic mass is 32.2. The molecule has 4 rings (SSSR count). The Balaban J connectivity index is 1.43. The van der Waals surface area contributed by atoms with Gasteiger partial charge in [0.25, 0.3) is 5.24 Å².